The number of fused-ring (bicyclic) bond motifs is 2. The molecule has 1 unspecified atom stereocenters. The molecule has 1 atom stereocenters. The van der Waals surface area contributed by atoms with Crippen LogP contribution in [0.15, 0.2) is 106 Å². The van der Waals surface area contributed by atoms with Crippen molar-refractivity contribution < 1.29 is 18.7 Å². The highest BCUT2D eigenvalue weighted by Crippen LogP contribution is 2.42. The summed E-state index contributed by atoms with van der Waals surface area (Å²) in [7, 11) is 1.58. The van der Waals surface area contributed by atoms with E-state index in [1.807, 2.05) is 54.6 Å². The summed E-state index contributed by atoms with van der Waals surface area (Å²) in [4.78, 5) is 29.2. The normalized spacial score (nSPS) is 14.6. The summed E-state index contributed by atoms with van der Waals surface area (Å²) in [5, 5.41) is 0.725. The largest absolute Gasteiger partial charge is 0.497 e. The highest BCUT2D eigenvalue weighted by Gasteiger charge is 2.43. The van der Waals surface area contributed by atoms with E-state index in [0.29, 0.717) is 44.5 Å². The number of ether oxygens (including phenoxy) is 2. The van der Waals surface area contributed by atoms with Gasteiger partial charge in [0.2, 0.25) is 5.76 Å². The monoisotopic (exact) mass is 509 g/mol. The first-order valence-electron chi connectivity index (χ1n) is 11.6. The molecule has 0 N–H and O–H groups in total. The fraction of sp³-hybridized carbons (Fsp3) is 0.0667. The van der Waals surface area contributed by atoms with Crippen LogP contribution in [0.25, 0.3) is 11.0 Å². The van der Waals surface area contributed by atoms with Gasteiger partial charge < -0.3 is 13.9 Å². The SMILES string of the molecule is COc1ccc(N2C(=O)c3oc4ccc(Cl)cc4c(=O)c3C2c2cccc(Oc3ccccc3)c2)cc1. The molecule has 6 nitrogen and oxygen atoms in total. The third kappa shape index (κ3) is 4.01. The van der Waals surface area contributed by atoms with E-state index in [9.17, 15) is 9.59 Å². The van der Waals surface area contributed by atoms with Gasteiger partial charge >= 0.3 is 0 Å². The molecule has 1 aliphatic rings. The van der Waals surface area contributed by atoms with E-state index in [-0.39, 0.29) is 16.8 Å². The topological polar surface area (TPSA) is 69.0 Å². The number of rotatable bonds is 5. The van der Waals surface area contributed by atoms with E-state index in [4.69, 9.17) is 25.5 Å². The van der Waals surface area contributed by atoms with Gasteiger partial charge in [0, 0.05) is 10.7 Å². The van der Waals surface area contributed by atoms with Crippen LogP contribution >= 0.6 is 11.6 Å². The standard InChI is InChI=1S/C30H20ClNO5/c1-35-21-13-11-20(12-14-21)32-27(18-6-5-9-23(16-18)36-22-7-3-2-4-8-22)26-28(33)24-17-19(31)10-15-25(24)37-29(26)30(32)34/h2-17,27H,1H3. The number of nitrogens with zero attached hydrogens (tertiary/aromatic N) is 1. The van der Waals surface area contributed by atoms with Crippen LogP contribution in [0, 0.1) is 0 Å². The van der Waals surface area contributed by atoms with Crippen LogP contribution in [-0.4, -0.2) is 13.0 Å². The lowest BCUT2D eigenvalue weighted by molar-refractivity contribution is 0.0971. The maximum Gasteiger partial charge on any atom is 0.295 e. The Balaban J connectivity index is 1.54. The smallest absolute Gasteiger partial charge is 0.295 e. The van der Waals surface area contributed by atoms with Gasteiger partial charge in [-0.15, -0.1) is 0 Å². The third-order valence-electron chi connectivity index (χ3n) is 6.34. The van der Waals surface area contributed by atoms with Crippen LogP contribution in [-0.2, 0) is 0 Å². The second-order valence-corrected chi connectivity index (χ2v) is 9.01. The molecule has 0 saturated carbocycles. The number of anilines is 1. The zero-order chi connectivity index (χ0) is 25.5. The molecule has 7 heteroatoms. The van der Waals surface area contributed by atoms with Crippen molar-refractivity contribution in [3.8, 4) is 17.2 Å². The summed E-state index contributed by atoms with van der Waals surface area (Å²) in [6, 6.07) is 27.9. The second-order valence-electron chi connectivity index (χ2n) is 8.58. The number of carbonyl (C=O) groups is 1. The summed E-state index contributed by atoms with van der Waals surface area (Å²) < 4.78 is 17.3. The number of para-hydroxylation sites is 1. The van der Waals surface area contributed by atoms with Crippen molar-refractivity contribution in [1.29, 1.82) is 0 Å². The predicted molar refractivity (Wildman–Crippen MR) is 142 cm³/mol. The Kier molecular flexibility index (Phi) is 5.66. The Hall–Kier alpha value is -4.55. The molecular weight excluding hydrogens is 490 g/mol. The summed E-state index contributed by atoms with van der Waals surface area (Å²) in [5.41, 5.74) is 1.55. The number of benzene rings is 4. The second kappa shape index (κ2) is 9.15. The number of hydrogen-bond acceptors (Lipinski definition) is 5. The quantitative estimate of drug-likeness (QED) is 0.255. The van der Waals surface area contributed by atoms with Gasteiger partial charge in [0.1, 0.15) is 22.8 Å². The molecule has 0 spiro atoms. The third-order valence-corrected chi connectivity index (χ3v) is 6.57. The van der Waals surface area contributed by atoms with Crippen molar-refractivity contribution in [3.05, 3.63) is 129 Å². The van der Waals surface area contributed by atoms with Gasteiger partial charge in [-0.3, -0.25) is 14.5 Å². The molecule has 0 bridgehead atoms. The Labute approximate surface area is 217 Å². The molecule has 37 heavy (non-hydrogen) atoms. The van der Waals surface area contributed by atoms with E-state index >= 15 is 0 Å². The summed E-state index contributed by atoms with van der Waals surface area (Å²) in [5.74, 6) is 1.50. The molecule has 1 aromatic heterocycles. The Bertz CT molecular complexity index is 1700. The Morgan fingerprint density at radius 2 is 1.57 bits per heavy atom. The van der Waals surface area contributed by atoms with Crippen molar-refractivity contribution in [2.24, 2.45) is 0 Å². The molecule has 0 aliphatic carbocycles. The van der Waals surface area contributed by atoms with E-state index in [1.54, 1.807) is 54.5 Å². The number of hydrogen-bond donors (Lipinski definition) is 0. The number of halogens is 1. The Morgan fingerprint density at radius 1 is 0.811 bits per heavy atom. The molecule has 0 radical (unpaired) electrons. The van der Waals surface area contributed by atoms with Crippen molar-refractivity contribution in [3.63, 3.8) is 0 Å². The molecule has 1 aliphatic heterocycles. The van der Waals surface area contributed by atoms with Gasteiger partial charge in [-0.1, -0.05) is 41.9 Å². The molecule has 5 aromatic rings. The van der Waals surface area contributed by atoms with Gasteiger partial charge in [0.05, 0.1) is 24.1 Å². The number of carbonyl (C=O) groups excluding carboxylic acids is 1. The van der Waals surface area contributed by atoms with Gasteiger partial charge in [-0.05, 0) is 72.3 Å². The molecule has 4 aromatic carbocycles. The van der Waals surface area contributed by atoms with Crippen LogP contribution in [0.4, 0.5) is 5.69 Å². The molecular formula is C30H20ClNO5. The minimum Gasteiger partial charge on any atom is -0.497 e. The summed E-state index contributed by atoms with van der Waals surface area (Å²) in [6.07, 6.45) is 0. The lowest BCUT2D eigenvalue weighted by Gasteiger charge is -2.25. The van der Waals surface area contributed by atoms with Crippen LogP contribution in [0.1, 0.15) is 27.7 Å². The van der Waals surface area contributed by atoms with Crippen LogP contribution in [0.5, 0.6) is 17.2 Å². The first-order valence-corrected chi connectivity index (χ1v) is 12.0. The van der Waals surface area contributed by atoms with Crippen LogP contribution in [0.2, 0.25) is 5.02 Å². The molecule has 182 valence electrons. The van der Waals surface area contributed by atoms with E-state index in [1.165, 1.54) is 0 Å². The van der Waals surface area contributed by atoms with Crippen LogP contribution in [0.3, 0.4) is 0 Å². The predicted octanol–water partition coefficient (Wildman–Crippen LogP) is 7.00. The maximum absolute atomic E-state index is 13.8. The van der Waals surface area contributed by atoms with Crippen LogP contribution < -0.4 is 19.8 Å². The van der Waals surface area contributed by atoms with Gasteiger partial charge in [-0.2, -0.15) is 0 Å². The fourth-order valence-corrected chi connectivity index (χ4v) is 4.81. The van der Waals surface area contributed by atoms with Gasteiger partial charge in [0.25, 0.3) is 5.91 Å². The molecule has 6 rings (SSSR count). The van der Waals surface area contributed by atoms with Gasteiger partial charge in [0.15, 0.2) is 5.43 Å². The summed E-state index contributed by atoms with van der Waals surface area (Å²) in [6.45, 7) is 0. The highest BCUT2D eigenvalue weighted by molar-refractivity contribution is 6.31. The van der Waals surface area contributed by atoms with Crippen molar-refractivity contribution in [2.75, 3.05) is 12.0 Å². The van der Waals surface area contributed by atoms with E-state index < -0.39 is 11.9 Å². The molecule has 0 fully saturated rings. The average Bonchev–Trinajstić information content (AvgIpc) is 3.22. The van der Waals surface area contributed by atoms with Crippen molar-refractivity contribution in [1.82, 2.24) is 0 Å². The Morgan fingerprint density at radius 3 is 2.32 bits per heavy atom. The molecule has 2 heterocycles. The zero-order valence-electron chi connectivity index (χ0n) is 19.7. The van der Waals surface area contributed by atoms with E-state index in [2.05, 4.69) is 0 Å². The lowest BCUT2D eigenvalue weighted by atomic mass is 9.98. The number of methoxy groups -OCH3 is 1. The number of amides is 1. The van der Waals surface area contributed by atoms with Crippen molar-refractivity contribution in [2.45, 2.75) is 6.04 Å². The first kappa shape index (κ1) is 22.9. The minimum absolute atomic E-state index is 0.00928. The first-order chi connectivity index (χ1) is 18.0. The highest BCUT2D eigenvalue weighted by atomic mass is 35.5. The van der Waals surface area contributed by atoms with Crippen molar-refractivity contribution >= 4 is 34.2 Å². The lowest BCUT2D eigenvalue weighted by Crippen LogP contribution is -2.29. The van der Waals surface area contributed by atoms with Gasteiger partial charge in [-0.25, -0.2) is 0 Å². The fourth-order valence-electron chi connectivity index (χ4n) is 4.64. The average molecular weight is 510 g/mol. The summed E-state index contributed by atoms with van der Waals surface area (Å²) >= 11 is 6.19. The van der Waals surface area contributed by atoms with E-state index in [0.717, 1.165) is 0 Å². The maximum atomic E-state index is 13.8. The zero-order valence-corrected chi connectivity index (χ0v) is 20.4. The molecule has 0 saturated heterocycles. The molecule has 1 amide bonds. The minimum atomic E-state index is -0.741.